The molecule has 6 aliphatic rings. The number of fused-ring (bicyclic) bond motifs is 4. The normalized spacial score (nSPS) is 19.3. The molecule has 0 saturated carbocycles. The molecule has 0 radical (unpaired) electrons. The van der Waals surface area contributed by atoms with Crippen molar-refractivity contribution in [3.05, 3.63) is 240 Å². The number of aryl methyl sites for hydroxylation is 3. The van der Waals surface area contributed by atoms with Gasteiger partial charge in [-0.25, -0.2) is 20.2 Å². The van der Waals surface area contributed by atoms with Gasteiger partial charge in [-0.15, -0.1) is 0 Å². The number of allylic oxidation sites excluding steroid dienone is 6. The molecule has 0 saturated heterocycles. The van der Waals surface area contributed by atoms with Crippen LogP contribution in [0.3, 0.4) is 0 Å². The Hall–Kier alpha value is -8.30. The molecule has 2 aliphatic carbocycles. The maximum absolute atomic E-state index is 9.59. The first-order chi connectivity index (χ1) is 35.4. The number of hydrogen-bond acceptors (Lipinski definition) is 6. The monoisotopic (exact) mass is 956 g/mol. The summed E-state index contributed by atoms with van der Waals surface area (Å²) in [7, 11) is 0. The van der Waals surface area contributed by atoms with E-state index in [4.69, 9.17) is 22.6 Å². The molecule has 0 bridgehead atoms. The quantitative estimate of drug-likeness (QED) is 0.129. The second-order valence-electron chi connectivity index (χ2n) is 21.4. The summed E-state index contributed by atoms with van der Waals surface area (Å²) >= 11 is 0. The molecule has 4 heterocycles. The third kappa shape index (κ3) is 10.3. The van der Waals surface area contributed by atoms with Crippen molar-refractivity contribution < 1.29 is 9.47 Å². The zero-order chi connectivity index (χ0) is 50.7. The van der Waals surface area contributed by atoms with Gasteiger partial charge in [-0.3, -0.25) is 0 Å². The van der Waals surface area contributed by atoms with Gasteiger partial charge in [0.2, 0.25) is 0 Å². The topological polar surface area (TPSA) is 81.2 Å². The largest absolute Gasteiger partial charge is 0.486 e. The zero-order valence-corrected chi connectivity index (χ0v) is 42.3. The molecule has 8 nitrogen and oxygen atoms in total. The lowest BCUT2D eigenvalue weighted by Gasteiger charge is -2.41. The van der Waals surface area contributed by atoms with Crippen molar-refractivity contribution in [3.8, 4) is 12.1 Å². The minimum Gasteiger partial charge on any atom is -0.486 e. The number of rotatable bonds is 5. The van der Waals surface area contributed by atoms with Gasteiger partial charge in [0.1, 0.15) is 22.7 Å². The molecule has 73 heavy (non-hydrogen) atoms. The first kappa shape index (κ1) is 48.3. The number of nitrogens with zero attached hydrogens (tertiary/aromatic N) is 6. The molecule has 4 aliphatic heterocycles. The smallest absolute Gasteiger partial charge is 0.265 e. The first-order valence-corrected chi connectivity index (χ1v) is 25.6. The summed E-state index contributed by atoms with van der Waals surface area (Å²) < 4.78 is 13.2. The van der Waals surface area contributed by atoms with Crippen molar-refractivity contribution in [2.75, 3.05) is 22.9 Å². The van der Waals surface area contributed by atoms with Gasteiger partial charge >= 0.3 is 0 Å². The van der Waals surface area contributed by atoms with Gasteiger partial charge in [0.05, 0.1) is 25.3 Å². The molecule has 362 valence electrons. The Morgan fingerprint density at radius 1 is 0.575 bits per heavy atom. The number of hydrogen-bond donors (Lipinski definition) is 0. The van der Waals surface area contributed by atoms with Crippen LogP contribution in [0.4, 0.5) is 17.1 Å². The number of anilines is 3. The van der Waals surface area contributed by atoms with E-state index in [1.807, 2.05) is 24.3 Å². The Bertz CT molecular complexity index is 3280. The van der Waals surface area contributed by atoms with Gasteiger partial charge in [-0.1, -0.05) is 90.5 Å². The minimum atomic E-state index is -0.454. The molecular weight excluding hydrogens is 897 g/mol. The fraction of sp³-hybridized carbons (Fsp3) is 0.292. The van der Waals surface area contributed by atoms with E-state index < -0.39 is 11.2 Å². The molecule has 0 fully saturated rings. The number of benzene rings is 5. The molecule has 5 aromatic carbocycles. The minimum absolute atomic E-state index is 0.102. The highest BCUT2D eigenvalue weighted by molar-refractivity contribution is 5.71. The first-order valence-electron chi connectivity index (χ1n) is 25.6. The molecule has 2 spiro atoms. The second kappa shape index (κ2) is 20.1. The zero-order valence-electron chi connectivity index (χ0n) is 42.3. The van der Waals surface area contributed by atoms with E-state index in [-0.39, 0.29) is 16.9 Å². The van der Waals surface area contributed by atoms with Crippen LogP contribution in [0.25, 0.3) is 21.8 Å². The van der Waals surface area contributed by atoms with E-state index in [0.29, 0.717) is 24.4 Å². The number of nitriles is 2. The van der Waals surface area contributed by atoms with Crippen molar-refractivity contribution in [1.29, 1.82) is 10.5 Å². The van der Waals surface area contributed by atoms with Crippen LogP contribution >= 0.6 is 0 Å². The summed E-state index contributed by atoms with van der Waals surface area (Å²) in [6, 6.07) is 43.1. The molecule has 0 atom stereocenters. The predicted octanol–water partition coefficient (Wildman–Crippen LogP) is 14.4. The van der Waals surface area contributed by atoms with Crippen LogP contribution in [-0.2, 0) is 48.0 Å². The van der Waals surface area contributed by atoms with Gasteiger partial charge in [0, 0.05) is 74.2 Å². The van der Waals surface area contributed by atoms with E-state index in [0.717, 1.165) is 86.7 Å². The highest BCUT2D eigenvalue weighted by Crippen LogP contribution is 2.45. The van der Waals surface area contributed by atoms with Gasteiger partial charge in [-0.05, 0) is 170 Å². The van der Waals surface area contributed by atoms with E-state index in [1.54, 1.807) is 0 Å². The van der Waals surface area contributed by atoms with Crippen LogP contribution in [0.1, 0.15) is 96.5 Å². The third-order valence-electron chi connectivity index (χ3n) is 15.1. The molecule has 0 N–H and O–H groups in total. The summed E-state index contributed by atoms with van der Waals surface area (Å²) in [5, 5.41) is 19.1. The summed E-state index contributed by atoms with van der Waals surface area (Å²) in [6.45, 7) is 26.0. The summed E-state index contributed by atoms with van der Waals surface area (Å²) in [6.07, 6.45) is 20.6. The van der Waals surface area contributed by atoms with Crippen LogP contribution in [0.15, 0.2) is 168 Å². The van der Waals surface area contributed by atoms with Gasteiger partial charge < -0.3 is 19.3 Å². The van der Waals surface area contributed by atoms with Crippen molar-refractivity contribution in [2.45, 2.75) is 109 Å². The predicted molar refractivity (Wildman–Crippen MR) is 292 cm³/mol. The van der Waals surface area contributed by atoms with E-state index >= 15 is 0 Å². The van der Waals surface area contributed by atoms with E-state index in [1.165, 1.54) is 56.0 Å². The Balaban J connectivity index is 0.000000168. The average Bonchev–Trinajstić information content (AvgIpc) is 3.93. The fourth-order valence-electron chi connectivity index (χ4n) is 11.8. The fourth-order valence-corrected chi connectivity index (χ4v) is 11.8. The second-order valence-corrected chi connectivity index (χ2v) is 21.4. The molecule has 11 rings (SSSR count). The lowest BCUT2D eigenvalue weighted by molar-refractivity contribution is 0.0104. The van der Waals surface area contributed by atoms with Crippen LogP contribution in [-0.4, -0.2) is 29.8 Å². The van der Waals surface area contributed by atoms with Crippen molar-refractivity contribution in [2.24, 2.45) is 0 Å². The molecule has 0 amide bonds. The lowest BCUT2D eigenvalue weighted by atomic mass is 9.87. The Morgan fingerprint density at radius 2 is 1.03 bits per heavy atom. The highest BCUT2D eigenvalue weighted by atomic mass is 16.5. The van der Waals surface area contributed by atoms with Gasteiger partial charge in [0.15, 0.2) is 0 Å². The van der Waals surface area contributed by atoms with Crippen molar-refractivity contribution >= 4 is 29.2 Å². The SMILES string of the molecule is [C-]#[N+]/C(C#N)=C1C=C(/C=C/c2ccc3c(c2)CCCN3C(C)(C)C)OC2(C\1)Cc1ccccc1C2.[C-]#[N+]/C(C#N)=C1C=C(/C=C/c2ccc3c(c2)CCCN3c2ccc(C)cc2)OC2(C\1)Cc1ccccc1C2. The molecule has 0 aromatic heterocycles. The van der Waals surface area contributed by atoms with E-state index in [9.17, 15) is 10.5 Å². The van der Waals surface area contributed by atoms with E-state index in [2.05, 4.69) is 181 Å². The maximum Gasteiger partial charge on any atom is 0.265 e. The van der Waals surface area contributed by atoms with Crippen LogP contribution in [0.5, 0.6) is 0 Å². The van der Waals surface area contributed by atoms with Gasteiger partial charge in [-0.2, -0.15) is 0 Å². The van der Waals surface area contributed by atoms with Gasteiger partial charge in [0.25, 0.3) is 11.4 Å². The lowest BCUT2D eigenvalue weighted by Crippen LogP contribution is -2.44. The third-order valence-corrected chi connectivity index (χ3v) is 15.1. The maximum atomic E-state index is 9.59. The molecule has 8 heteroatoms. The Kier molecular flexibility index (Phi) is 13.3. The molecule has 0 unspecified atom stereocenters. The summed E-state index contributed by atoms with van der Waals surface area (Å²) in [5.74, 6) is 1.42. The standard InChI is InChI=1S/C34H29N3O.C31H31N3O/c1-24-9-13-30(14-10-24)37-17-5-8-26-18-25(12-16-33(26)37)11-15-31-19-29(32(23-35)36-2)22-34(38-31)20-27-6-3-4-7-28(27)21-34;1-30(2,3)34-15-7-10-23-16-22(12-14-29(23)34)11-13-27-17-26(28(21-32)33-4)20-31(35-27)18-24-8-5-6-9-25(24)19-31/h3-4,6-7,9-16,18-19H,5,8,17,20-22H2,1H3;5-6,8-9,11-14,16-17H,7,10,15,18-20H2,1-3H3/b15-11+,32-29+;13-11+,28-26+. The number of ether oxygens (including phenoxy) is 2. The van der Waals surface area contributed by atoms with Crippen LogP contribution < -0.4 is 9.80 Å². The molecular formula is C65H60N6O2. The van der Waals surface area contributed by atoms with Crippen LogP contribution in [0, 0.1) is 42.7 Å². The summed E-state index contributed by atoms with van der Waals surface area (Å²) in [4.78, 5) is 11.9. The summed E-state index contributed by atoms with van der Waals surface area (Å²) in [5.41, 5.74) is 16.3. The van der Waals surface area contributed by atoms with Crippen molar-refractivity contribution in [3.63, 3.8) is 0 Å². The van der Waals surface area contributed by atoms with Crippen LogP contribution in [0.2, 0.25) is 0 Å². The van der Waals surface area contributed by atoms with Crippen molar-refractivity contribution in [1.82, 2.24) is 0 Å². The Morgan fingerprint density at radius 3 is 1.48 bits per heavy atom. The average molecular weight is 957 g/mol. The Labute approximate surface area is 431 Å². The molecule has 5 aromatic rings. The highest BCUT2D eigenvalue weighted by Gasteiger charge is 2.44.